The van der Waals surface area contributed by atoms with Crippen molar-refractivity contribution in [3.05, 3.63) is 42.0 Å². The number of aryl methyl sites for hydroxylation is 2. The molecule has 8 nitrogen and oxygen atoms in total. The first-order chi connectivity index (χ1) is 12.0. The molecule has 0 unspecified atom stereocenters. The number of hydrogen-bond donors (Lipinski definition) is 2. The third-order valence-corrected chi connectivity index (χ3v) is 3.73. The molecule has 0 aliphatic carbocycles. The molecule has 0 aliphatic heterocycles. The third kappa shape index (κ3) is 3.18. The molecule has 0 radical (unpaired) electrons. The van der Waals surface area contributed by atoms with Crippen LogP contribution in [0, 0.1) is 13.8 Å². The van der Waals surface area contributed by atoms with Gasteiger partial charge in [-0.2, -0.15) is 5.10 Å². The van der Waals surface area contributed by atoms with E-state index in [0.717, 1.165) is 11.4 Å². The van der Waals surface area contributed by atoms with Crippen LogP contribution in [0.2, 0.25) is 0 Å². The van der Waals surface area contributed by atoms with Crippen LogP contribution in [0.5, 0.6) is 11.5 Å². The second kappa shape index (κ2) is 6.68. The van der Waals surface area contributed by atoms with Gasteiger partial charge in [0.1, 0.15) is 23.5 Å². The minimum atomic E-state index is 0.395. The maximum absolute atomic E-state index is 6.28. The van der Waals surface area contributed by atoms with Crippen molar-refractivity contribution in [3.8, 4) is 17.3 Å². The van der Waals surface area contributed by atoms with Crippen molar-refractivity contribution < 1.29 is 9.47 Å². The van der Waals surface area contributed by atoms with Crippen LogP contribution in [-0.4, -0.2) is 34.0 Å². The van der Waals surface area contributed by atoms with Crippen molar-refractivity contribution in [2.45, 2.75) is 13.8 Å². The van der Waals surface area contributed by atoms with Crippen LogP contribution in [0.4, 0.5) is 17.2 Å². The summed E-state index contributed by atoms with van der Waals surface area (Å²) >= 11 is 0. The van der Waals surface area contributed by atoms with Crippen molar-refractivity contribution >= 4 is 17.2 Å². The largest absolute Gasteiger partial charge is 0.497 e. The van der Waals surface area contributed by atoms with Crippen LogP contribution in [0.1, 0.15) is 11.4 Å². The summed E-state index contributed by atoms with van der Waals surface area (Å²) < 4.78 is 12.3. The Morgan fingerprint density at radius 3 is 2.52 bits per heavy atom. The summed E-state index contributed by atoms with van der Waals surface area (Å²) in [6.07, 6.45) is 1.44. The number of nitrogens with two attached hydrogens (primary N) is 1. The number of nitrogens with zero attached hydrogens (tertiary/aromatic N) is 4. The molecule has 3 N–H and O–H groups in total. The number of nitrogens with one attached hydrogen (secondary N) is 1. The highest BCUT2D eigenvalue weighted by Crippen LogP contribution is 2.33. The topological polar surface area (TPSA) is 100 Å². The predicted molar refractivity (Wildman–Crippen MR) is 95.9 cm³/mol. The molecular weight excluding hydrogens is 320 g/mol. The quantitative estimate of drug-likeness (QED) is 0.736. The van der Waals surface area contributed by atoms with Gasteiger partial charge in [-0.15, -0.1) is 0 Å². The summed E-state index contributed by atoms with van der Waals surface area (Å²) in [5, 5.41) is 7.60. The van der Waals surface area contributed by atoms with Crippen LogP contribution >= 0.6 is 0 Å². The van der Waals surface area contributed by atoms with Crippen molar-refractivity contribution in [1.29, 1.82) is 0 Å². The Hall–Kier alpha value is -3.29. The van der Waals surface area contributed by atoms with Gasteiger partial charge in [0.25, 0.3) is 0 Å². The molecule has 0 bridgehead atoms. The SMILES string of the molecule is COc1ccc(Nc2ncnc(-n3nc(C)cc3C)c2N)c(OC)c1. The molecule has 0 atom stereocenters. The normalized spacial score (nSPS) is 10.6. The minimum absolute atomic E-state index is 0.395. The Kier molecular flexibility index (Phi) is 4.42. The lowest BCUT2D eigenvalue weighted by Crippen LogP contribution is -2.10. The number of hydrogen-bond acceptors (Lipinski definition) is 7. The van der Waals surface area contributed by atoms with Crippen LogP contribution in [-0.2, 0) is 0 Å². The fourth-order valence-electron chi connectivity index (χ4n) is 2.53. The number of rotatable bonds is 5. The maximum atomic E-state index is 6.28. The molecule has 25 heavy (non-hydrogen) atoms. The van der Waals surface area contributed by atoms with Gasteiger partial charge in [-0.1, -0.05) is 0 Å². The van der Waals surface area contributed by atoms with E-state index in [2.05, 4.69) is 20.4 Å². The van der Waals surface area contributed by atoms with Gasteiger partial charge in [0.15, 0.2) is 11.6 Å². The van der Waals surface area contributed by atoms with Gasteiger partial charge in [0, 0.05) is 11.8 Å². The molecule has 0 spiro atoms. The van der Waals surface area contributed by atoms with Crippen LogP contribution in [0.3, 0.4) is 0 Å². The zero-order valence-corrected chi connectivity index (χ0v) is 14.6. The standard InChI is InChI=1S/C17H20N6O2/c1-10-7-11(2)23(22-10)17-15(18)16(19-9-20-17)21-13-6-5-12(24-3)8-14(13)25-4/h5-9H,18H2,1-4H3,(H,19,20,21). The smallest absolute Gasteiger partial charge is 0.182 e. The second-order valence-electron chi connectivity index (χ2n) is 5.49. The molecule has 130 valence electrons. The van der Waals surface area contributed by atoms with E-state index >= 15 is 0 Å². The molecule has 0 saturated heterocycles. The lowest BCUT2D eigenvalue weighted by atomic mass is 10.2. The Balaban J connectivity index is 2.00. The zero-order valence-electron chi connectivity index (χ0n) is 14.6. The number of methoxy groups -OCH3 is 2. The van der Waals surface area contributed by atoms with Gasteiger partial charge in [-0.3, -0.25) is 0 Å². The van der Waals surface area contributed by atoms with Crippen molar-refractivity contribution in [2.24, 2.45) is 0 Å². The first kappa shape index (κ1) is 16.6. The van der Waals surface area contributed by atoms with Crippen molar-refractivity contribution in [1.82, 2.24) is 19.7 Å². The van der Waals surface area contributed by atoms with E-state index in [1.54, 1.807) is 25.0 Å². The predicted octanol–water partition coefficient (Wildman–Crippen LogP) is 2.62. The first-order valence-corrected chi connectivity index (χ1v) is 7.66. The summed E-state index contributed by atoms with van der Waals surface area (Å²) in [6, 6.07) is 7.40. The lowest BCUT2D eigenvalue weighted by Gasteiger charge is -2.14. The van der Waals surface area contributed by atoms with Crippen LogP contribution < -0.4 is 20.5 Å². The molecule has 3 rings (SSSR count). The number of nitrogen functional groups attached to an aromatic ring is 1. The summed E-state index contributed by atoms with van der Waals surface area (Å²) in [5.74, 6) is 2.31. The van der Waals surface area contributed by atoms with E-state index in [1.165, 1.54) is 6.33 Å². The molecule has 2 aromatic heterocycles. The first-order valence-electron chi connectivity index (χ1n) is 7.66. The van der Waals surface area contributed by atoms with Gasteiger partial charge in [0.2, 0.25) is 0 Å². The van der Waals surface area contributed by atoms with Crippen LogP contribution in [0.25, 0.3) is 5.82 Å². The zero-order chi connectivity index (χ0) is 18.0. The Morgan fingerprint density at radius 1 is 1.08 bits per heavy atom. The highest BCUT2D eigenvalue weighted by molar-refractivity contribution is 5.76. The second-order valence-corrected chi connectivity index (χ2v) is 5.49. The lowest BCUT2D eigenvalue weighted by molar-refractivity contribution is 0.395. The summed E-state index contributed by atoms with van der Waals surface area (Å²) in [7, 11) is 3.19. The minimum Gasteiger partial charge on any atom is -0.497 e. The number of benzene rings is 1. The Labute approximate surface area is 145 Å². The molecule has 1 aromatic carbocycles. The van der Waals surface area contributed by atoms with E-state index in [1.807, 2.05) is 32.0 Å². The van der Waals surface area contributed by atoms with E-state index in [9.17, 15) is 0 Å². The van der Waals surface area contributed by atoms with Gasteiger partial charge in [-0.05, 0) is 32.0 Å². The van der Waals surface area contributed by atoms with E-state index in [-0.39, 0.29) is 0 Å². The van der Waals surface area contributed by atoms with Gasteiger partial charge in [-0.25, -0.2) is 14.6 Å². The van der Waals surface area contributed by atoms with Crippen molar-refractivity contribution in [2.75, 3.05) is 25.3 Å². The average Bonchev–Trinajstić information content (AvgIpc) is 2.95. The molecule has 3 aromatic rings. The third-order valence-electron chi connectivity index (χ3n) is 3.73. The molecule has 0 saturated carbocycles. The summed E-state index contributed by atoms with van der Waals surface area (Å²) in [4.78, 5) is 8.51. The van der Waals surface area contributed by atoms with Gasteiger partial charge < -0.3 is 20.5 Å². The molecular formula is C17H20N6O2. The molecule has 8 heteroatoms. The van der Waals surface area contributed by atoms with Gasteiger partial charge >= 0.3 is 0 Å². The molecule has 2 heterocycles. The number of anilines is 3. The highest BCUT2D eigenvalue weighted by Gasteiger charge is 2.15. The number of ether oxygens (including phenoxy) is 2. The fraction of sp³-hybridized carbons (Fsp3) is 0.235. The van der Waals surface area contributed by atoms with E-state index in [4.69, 9.17) is 15.2 Å². The Morgan fingerprint density at radius 2 is 1.88 bits per heavy atom. The Bertz CT molecular complexity index is 906. The maximum Gasteiger partial charge on any atom is 0.182 e. The molecule has 0 aliphatic rings. The summed E-state index contributed by atoms with van der Waals surface area (Å²) in [6.45, 7) is 3.86. The van der Waals surface area contributed by atoms with Gasteiger partial charge in [0.05, 0.1) is 25.6 Å². The number of aromatic nitrogens is 4. The van der Waals surface area contributed by atoms with E-state index < -0.39 is 0 Å². The summed E-state index contributed by atoms with van der Waals surface area (Å²) in [5.41, 5.74) is 9.22. The van der Waals surface area contributed by atoms with Crippen LogP contribution in [0.15, 0.2) is 30.6 Å². The highest BCUT2D eigenvalue weighted by atomic mass is 16.5. The van der Waals surface area contributed by atoms with Crippen molar-refractivity contribution in [3.63, 3.8) is 0 Å². The fourth-order valence-corrected chi connectivity index (χ4v) is 2.53. The molecule has 0 fully saturated rings. The van der Waals surface area contributed by atoms with E-state index in [0.29, 0.717) is 34.5 Å². The molecule has 0 amide bonds. The average molecular weight is 340 g/mol. The monoisotopic (exact) mass is 340 g/mol.